The number of hydrogen-bond donors (Lipinski definition) is 0. The van der Waals surface area contributed by atoms with Gasteiger partial charge in [-0.3, -0.25) is 14.6 Å². The molecule has 3 unspecified atom stereocenters. The summed E-state index contributed by atoms with van der Waals surface area (Å²) in [6.45, 7) is 14.1. The van der Waals surface area contributed by atoms with E-state index in [9.17, 15) is 14.7 Å². The molecule has 4 aliphatic heterocycles. The van der Waals surface area contributed by atoms with Crippen LogP contribution in [0.5, 0.6) is 0 Å². The van der Waals surface area contributed by atoms with Crippen LogP contribution in [-0.2, 0) is 19.1 Å². The fourth-order valence-electron chi connectivity index (χ4n) is 7.02. The van der Waals surface area contributed by atoms with Crippen molar-refractivity contribution in [3.05, 3.63) is 86.0 Å². The molecule has 0 amide bonds. The molecule has 3 atom stereocenters. The Morgan fingerprint density at radius 1 is 1.02 bits per heavy atom. The molecule has 9 nitrogen and oxygen atoms in total. The number of aromatic nitrogens is 1. The second-order valence-corrected chi connectivity index (χ2v) is 11.9. The molecule has 0 radical (unpaired) electrons. The summed E-state index contributed by atoms with van der Waals surface area (Å²) >= 11 is 0. The van der Waals surface area contributed by atoms with Gasteiger partial charge in [0.2, 0.25) is 0 Å². The van der Waals surface area contributed by atoms with Gasteiger partial charge in [-0.05, 0) is 73.3 Å². The number of esters is 2. The molecular weight excluding hydrogens is 593 g/mol. The van der Waals surface area contributed by atoms with Crippen molar-refractivity contribution in [2.75, 3.05) is 14.2 Å². The zero-order valence-electron chi connectivity index (χ0n) is 27.4. The Labute approximate surface area is 284 Å². The molecule has 1 aromatic rings. The standard InChI is InChI=1S/C36H37N4O5.Mg/c1-9-20-16(3)23-13-25-18(5)22(11-12-29(41)44-7)33(39-25)31-32(36(43)45-8)35(42)30-19(6)26(40-34(30)31)15-28-21(10-2)17(4)24(38-28)14-27(20)37-23;/h9,13-15,18,22,32H,1,10-12H2,2-8H3,(H-,37,38,39,40,42);/q-1;+2/p-1. The SMILES string of the molecule is C=CC1=C(C)C2=NC1=CC1=NC(=Cc3[n-]c4c(c3C)=C([O-])C(C(=O)OC)C=4C3=NC(=C2)C(C)C3CCC(=O)OC)C(CC)=C1C.[Mg+2]. The minimum absolute atomic E-state index is 0. The molecule has 46 heavy (non-hydrogen) atoms. The van der Waals surface area contributed by atoms with Gasteiger partial charge in [0.25, 0.3) is 0 Å². The number of aliphatic imine (C=N–C) groups is 3. The fraction of sp³-hybridized carbons (Fsp3) is 0.361. The zero-order valence-corrected chi connectivity index (χ0v) is 28.8. The summed E-state index contributed by atoms with van der Waals surface area (Å²) in [6, 6.07) is 0. The van der Waals surface area contributed by atoms with Crippen molar-refractivity contribution in [3.63, 3.8) is 0 Å². The van der Waals surface area contributed by atoms with Crippen LogP contribution in [-0.4, -0.2) is 66.3 Å². The van der Waals surface area contributed by atoms with Crippen LogP contribution < -0.4 is 20.7 Å². The Hall–Kier alpha value is -4.02. The molecular formula is C36H36MgN4O5. The Kier molecular flexibility index (Phi) is 9.16. The quantitative estimate of drug-likeness (QED) is 0.352. The van der Waals surface area contributed by atoms with E-state index in [0.717, 1.165) is 57.2 Å². The van der Waals surface area contributed by atoms with E-state index in [2.05, 4.69) is 20.4 Å². The molecule has 1 aromatic heterocycles. The average molecular weight is 629 g/mol. The van der Waals surface area contributed by atoms with Crippen molar-refractivity contribution in [2.24, 2.45) is 32.7 Å². The van der Waals surface area contributed by atoms with Gasteiger partial charge in [0.15, 0.2) is 0 Å². The number of ether oxygens (including phenoxy) is 2. The minimum Gasteiger partial charge on any atom is -0.874 e. The molecule has 0 aromatic carbocycles. The van der Waals surface area contributed by atoms with Crippen LogP contribution in [0.25, 0.3) is 17.4 Å². The Bertz CT molecular complexity index is 1980. The largest absolute Gasteiger partial charge is 2.00 e. The Morgan fingerprint density at radius 3 is 2.37 bits per heavy atom. The molecule has 0 fully saturated rings. The molecule has 5 aliphatic rings. The maximum Gasteiger partial charge on any atom is 2.00 e. The summed E-state index contributed by atoms with van der Waals surface area (Å²) in [5.41, 5.74) is 10.2. The van der Waals surface area contributed by atoms with Crippen molar-refractivity contribution in [1.29, 1.82) is 0 Å². The third-order valence-corrected chi connectivity index (χ3v) is 9.63. The number of hydrogen-bond acceptors (Lipinski definition) is 8. The number of fused-ring (bicyclic) bond motifs is 5. The molecule has 8 bridgehead atoms. The summed E-state index contributed by atoms with van der Waals surface area (Å²) in [6.07, 6.45) is 9.00. The van der Waals surface area contributed by atoms with Crippen LogP contribution in [0.3, 0.4) is 0 Å². The maximum atomic E-state index is 14.0. The van der Waals surface area contributed by atoms with E-state index >= 15 is 0 Å². The first-order valence-electron chi connectivity index (χ1n) is 15.2. The number of rotatable bonds is 6. The van der Waals surface area contributed by atoms with E-state index < -0.39 is 11.9 Å². The number of carbonyl (C=O) groups is 2. The van der Waals surface area contributed by atoms with E-state index in [0.29, 0.717) is 39.5 Å². The summed E-state index contributed by atoms with van der Waals surface area (Å²) in [7, 11) is 2.63. The fourth-order valence-corrected chi connectivity index (χ4v) is 7.02. The molecule has 0 N–H and O–H groups in total. The Balaban J connectivity index is 0.00000417. The van der Waals surface area contributed by atoms with Gasteiger partial charge in [-0.1, -0.05) is 38.1 Å². The summed E-state index contributed by atoms with van der Waals surface area (Å²) in [5, 5.41) is 14.9. The predicted octanol–water partition coefficient (Wildman–Crippen LogP) is 2.91. The van der Waals surface area contributed by atoms with Gasteiger partial charge < -0.3 is 19.6 Å². The van der Waals surface area contributed by atoms with Gasteiger partial charge in [0.05, 0.1) is 43.0 Å². The van der Waals surface area contributed by atoms with E-state index in [4.69, 9.17) is 29.4 Å². The van der Waals surface area contributed by atoms with Crippen LogP contribution in [0.2, 0.25) is 0 Å². The minimum atomic E-state index is -1.20. The third-order valence-electron chi connectivity index (χ3n) is 9.63. The molecule has 0 saturated heterocycles. The van der Waals surface area contributed by atoms with Crippen LogP contribution in [0.1, 0.15) is 58.2 Å². The first-order chi connectivity index (χ1) is 21.5. The van der Waals surface area contributed by atoms with Gasteiger partial charge in [-0.15, -0.1) is 16.8 Å². The van der Waals surface area contributed by atoms with E-state index in [-0.39, 0.29) is 53.0 Å². The molecule has 6 rings (SSSR count). The van der Waals surface area contributed by atoms with Crippen molar-refractivity contribution in [2.45, 2.75) is 53.9 Å². The number of methoxy groups -OCH3 is 2. The molecule has 232 valence electrons. The second kappa shape index (κ2) is 12.6. The first kappa shape index (κ1) is 33.3. The maximum absolute atomic E-state index is 14.0. The molecule has 0 saturated carbocycles. The summed E-state index contributed by atoms with van der Waals surface area (Å²) < 4.78 is 10.1. The van der Waals surface area contributed by atoms with E-state index in [1.54, 1.807) is 0 Å². The van der Waals surface area contributed by atoms with Crippen LogP contribution in [0, 0.1) is 24.7 Å². The summed E-state index contributed by atoms with van der Waals surface area (Å²) in [5.74, 6) is -3.01. The van der Waals surface area contributed by atoms with Gasteiger partial charge in [0.1, 0.15) is 0 Å². The smallest absolute Gasteiger partial charge is 0.874 e. The summed E-state index contributed by atoms with van der Waals surface area (Å²) in [4.78, 5) is 45.7. The van der Waals surface area contributed by atoms with Crippen molar-refractivity contribution >= 4 is 69.5 Å². The normalized spacial score (nSPS) is 23.0. The van der Waals surface area contributed by atoms with Gasteiger partial charge >= 0.3 is 35.0 Å². The zero-order chi connectivity index (χ0) is 32.3. The van der Waals surface area contributed by atoms with Crippen LogP contribution in [0.15, 0.2) is 79.2 Å². The third kappa shape index (κ3) is 5.11. The Morgan fingerprint density at radius 2 is 1.72 bits per heavy atom. The van der Waals surface area contributed by atoms with Crippen molar-refractivity contribution in [3.8, 4) is 0 Å². The second-order valence-electron chi connectivity index (χ2n) is 11.9. The molecule has 1 aliphatic carbocycles. The molecule has 10 heteroatoms. The van der Waals surface area contributed by atoms with Crippen LogP contribution in [0.4, 0.5) is 0 Å². The van der Waals surface area contributed by atoms with Crippen molar-refractivity contribution in [1.82, 2.24) is 4.98 Å². The van der Waals surface area contributed by atoms with Crippen molar-refractivity contribution < 1.29 is 24.2 Å². The number of nitrogens with zero attached hydrogens (tertiary/aromatic N) is 4. The first-order valence-corrected chi connectivity index (χ1v) is 15.2. The van der Waals surface area contributed by atoms with Gasteiger partial charge in [-0.25, -0.2) is 9.98 Å². The monoisotopic (exact) mass is 628 g/mol. The van der Waals surface area contributed by atoms with E-state index in [1.807, 2.05) is 45.1 Å². The average Bonchev–Trinajstić information content (AvgIpc) is 3.76. The van der Waals surface area contributed by atoms with Crippen LogP contribution >= 0.6 is 0 Å². The number of carbonyl (C=O) groups excluding carboxylic acids is 2. The predicted molar refractivity (Wildman–Crippen MR) is 178 cm³/mol. The van der Waals surface area contributed by atoms with E-state index in [1.165, 1.54) is 14.2 Å². The number of allylic oxidation sites excluding steroid dienone is 7. The topological polar surface area (TPSA) is 127 Å². The van der Waals surface area contributed by atoms with Gasteiger partial charge in [0, 0.05) is 35.2 Å². The van der Waals surface area contributed by atoms with Gasteiger partial charge in [-0.2, -0.15) is 0 Å². The molecule has 5 heterocycles. The molecule has 0 spiro atoms.